The Hall–Kier alpha value is -0.160. The third-order valence-corrected chi connectivity index (χ3v) is 2.77. The number of rotatable bonds is 6. The number of ether oxygens (including phenoxy) is 1. The molecule has 0 saturated carbocycles. The first-order valence-electron chi connectivity index (χ1n) is 5.77. The fraction of sp³-hybridized carbons (Fsp3) is 1.00. The summed E-state index contributed by atoms with van der Waals surface area (Å²) in [5, 5.41) is 13.0. The topological polar surface area (TPSA) is 44.7 Å². The van der Waals surface area contributed by atoms with Crippen LogP contribution >= 0.6 is 0 Å². The summed E-state index contributed by atoms with van der Waals surface area (Å²) in [6.07, 6.45) is 2.33. The van der Waals surface area contributed by atoms with E-state index >= 15 is 0 Å². The molecule has 0 amide bonds. The van der Waals surface area contributed by atoms with Crippen molar-refractivity contribution in [1.29, 1.82) is 0 Å². The van der Waals surface area contributed by atoms with Gasteiger partial charge in [0.15, 0.2) is 0 Å². The van der Waals surface area contributed by atoms with Gasteiger partial charge in [0.1, 0.15) is 0 Å². The molecule has 2 N–H and O–H groups in total. The monoisotopic (exact) mass is 216 g/mol. The average Bonchev–Trinajstić information content (AvgIpc) is 2.65. The molecule has 0 spiro atoms. The quantitative estimate of drug-likeness (QED) is 0.659. The van der Waals surface area contributed by atoms with E-state index in [1.54, 1.807) is 0 Å². The first-order chi connectivity index (χ1) is 7.09. The first kappa shape index (κ1) is 12.9. The third-order valence-electron chi connectivity index (χ3n) is 2.77. The van der Waals surface area contributed by atoms with E-state index in [4.69, 9.17) is 4.74 Å². The highest BCUT2D eigenvalue weighted by atomic mass is 16.5. The molecule has 1 fully saturated rings. The molecule has 4 nitrogen and oxygen atoms in total. The summed E-state index contributed by atoms with van der Waals surface area (Å²) in [6, 6.07) is 0.337. The Morgan fingerprint density at radius 1 is 1.53 bits per heavy atom. The van der Waals surface area contributed by atoms with Crippen LogP contribution in [-0.2, 0) is 4.74 Å². The van der Waals surface area contributed by atoms with Crippen LogP contribution in [0.5, 0.6) is 0 Å². The minimum atomic E-state index is -0.302. The molecule has 3 atom stereocenters. The van der Waals surface area contributed by atoms with Crippen molar-refractivity contribution in [3.05, 3.63) is 0 Å². The first-order valence-corrected chi connectivity index (χ1v) is 5.77. The molecule has 4 heteroatoms. The van der Waals surface area contributed by atoms with Gasteiger partial charge in [0.25, 0.3) is 0 Å². The van der Waals surface area contributed by atoms with E-state index in [2.05, 4.69) is 12.2 Å². The highest BCUT2D eigenvalue weighted by Crippen LogP contribution is 2.15. The number of likely N-dealkylation sites (N-methyl/N-ethyl adjacent to an activating group) is 1. The molecule has 0 aliphatic carbocycles. The number of hydrogen-bond donors (Lipinski definition) is 2. The molecular formula is C11H24N2O2. The van der Waals surface area contributed by atoms with Crippen molar-refractivity contribution < 1.29 is 9.84 Å². The van der Waals surface area contributed by atoms with Crippen LogP contribution in [0.1, 0.15) is 19.8 Å². The Morgan fingerprint density at radius 2 is 2.27 bits per heavy atom. The standard InChI is InChI=1S/C11H24N2O2/c1-9(11-5-4-6-15-11)12-7-10(14)8-13(2)3/h9-12,14H,4-8H2,1-3H3. The van der Waals surface area contributed by atoms with E-state index in [0.717, 1.165) is 19.4 Å². The van der Waals surface area contributed by atoms with Gasteiger partial charge in [0.2, 0.25) is 0 Å². The van der Waals surface area contributed by atoms with Gasteiger partial charge in [-0.05, 0) is 33.9 Å². The Bertz CT molecular complexity index is 170. The Balaban J connectivity index is 2.12. The Labute approximate surface area is 92.6 Å². The molecule has 0 radical (unpaired) electrons. The van der Waals surface area contributed by atoms with Crippen LogP contribution < -0.4 is 5.32 Å². The SMILES string of the molecule is CC(NCC(O)CN(C)C)C1CCCO1. The lowest BCUT2D eigenvalue weighted by atomic mass is 10.1. The fourth-order valence-electron chi connectivity index (χ4n) is 1.94. The second-order valence-corrected chi connectivity index (χ2v) is 4.66. The van der Waals surface area contributed by atoms with Crippen LogP contribution in [0.4, 0.5) is 0 Å². The molecule has 1 heterocycles. The zero-order valence-corrected chi connectivity index (χ0v) is 10.1. The summed E-state index contributed by atoms with van der Waals surface area (Å²) in [5.41, 5.74) is 0. The van der Waals surface area contributed by atoms with Gasteiger partial charge < -0.3 is 20.1 Å². The number of aliphatic hydroxyl groups is 1. The molecular weight excluding hydrogens is 192 g/mol. The molecule has 0 aromatic carbocycles. The summed E-state index contributed by atoms with van der Waals surface area (Å²) < 4.78 is 5.57. The zero-order chi connectivity index (χ0) is 11.3. The van der Waals surface area contributed by atoms with Crippen LogP contribution in [0.2, 0.25) is 0 Å². The van der Waals surface area contributed by atoms with Gasteiger partial charge in [-0.15, -0.1) is 0 Å². The van der Waals surface area contributed by atoms with Gasteiger partial charge in [0, 0.05) is 25.7 Å². The van der Waals surface area contributed by atoms with Crippen LogP contribution in [0.15, 0.2) is 0 Å². The van der Waals surface area contributed by atoms with Gasteiger partial charge in [-0.2, -0.15) is 0 Å². The molecule has 1 saturated heterocycles. The van der Waals surface area contributed by atoms with Crippen molar-refractivity contribution >= 4 is 0 Å². The smallest absolute Gasteiger partial charge is 0.0791 e. The maximum atomic E-state index is 9.67. The Kier molecular flexibility index (Phi) is 5.53. The highest BCUT2D eigenvalue weighted by Gasteiger charge is 2.22. The lowest BCUT2D eigenvalue weighted by Gasteiger charge is -2.23. The lowest BCUT2D eigenvalue weighted by Crippen LogP contribution is -2.43. The molecule has 3 unspecified atom stereocenters. The van der Waals surface area contributed by atoms with E-state index in [-0.39, 0.29) is 6.10 Å². The largest absolute Gasteiger partial charge is 0.390 e. The molecule has 0 aromatic heterocycles. The average molecular weight is 216 g/mol. The molecule has 0 bridgehead atoms. The summed E-state index contributed by atoms with van der Waals surface area (Å²) >= 11 is 0. The highest BCUT2D eigenvalue weighted by molar-refractivity contribution is 4.77. The summed E-state index contributed by atoms with van der Waals surface area (Å²) in [6.45, 7) is 4.35. The van der Waals surface area contributed by atoms with E-state index in [1.165, 1.54) is 0 Å². The minimum absolute atomic E-state index is 0.302. The summed E-state index contributed by atoms with van der Waals surface area (Å²) in [4.78, 5) is 1.99. The molecule has 1 aliphatic heterocycles. The minimum Gasteiger partial charge on any atom is -0.390 e. The van der Waals surface area contributed by atoms with Crippen LogP contribution in [0.3, 0.4) is 0 Å². The summed E-state index contributed by atoms with van der Waals surface area (Å²) in [5.74, 6) is 0. The maximum absolute atomic E-state index is 9.67. The number of nitrogens with one attached hydrogen (secondary N) is 1. The van der Waals surface area contributed by atoms with Crippen LogP contribution in [-0.4, -0.2) is 62.0 Å². The van der Waals surface area contributed by atoms with Crippen molar-refractivity contribution in [2.45, 2.75) is 38.0 Å². The van der Waals surface area contributed by atoms with Gasteiger partial charge in [-0.25, -0.2) is 0 Å². The Morgan fingerprint density at radius 3 is 2.80 bits per heavy atom. The van der Waals surface area contributed by atoms with Crippen molar-refractivity contribution in [3.63, 3.8) is 0 Å². The number of nitrogens with zero attached hydrogens (tertiary/aromatic N) is 1. The van der Waals surface area contributed by atoms with Gasteiger partial charge >= 0.3 is 0 Å². The lowest BCUT2D eigenvalue weighted by molar-refractivity contribution is 0.0731. The maximum Gasteiger partial charge on any atom is 0.0791 e. The second-order valence-electron chi connectivity index (χ2n) is 4.66. The number of hydrogen-bond acceptors (Lipinski definition) is 4. The predicted octanol–water partition coefficient (Wildman–Crippen LogP) is 0.0660. The van der Waals surface area contributed by atoms with Crippen LogP contribution in [0.25, 0.3) is 0 Å². The molecule has 90 valence electrons. The summed E-state index contributed by atoms with van der Waals surface area (Å²) in [7, 11) is 3.93. The van der Waals surface area contributed by atoms with E-state index in [9.17, 15) is 5.11 Å². The van der Waals surface area contributed by atoms with Gasteiger partial charge in [-0.1, -0.05) is 0 Å². The third kappa shape index (κ3) is 4.93. The van der Waals surface area contributed by atoms with Gasteiger partial charge in [0.05, 0.1) is 12.2 Å². The molecule has 1 rings (SSSR count). The van der Waals surface area contributed by atoms with Crippen molar-refractivity contribution in [2.75, 3.05) is 33.8 Å². The zero-order valence-electron chi connectivity index (χ0n) is 10.1. The van der Waals surface area contributed by atoms with E-state index in [1.807, 2.05) is 19.0 Å². The van der Waals surface area contributed by atoms with E-state index < -0.39 is 0 Å². The molecule has 15 heavy (non-hydrogen) atoms. The molecule has 0 aromatic rings. The predicted molar refractivity (Wildman–Crippen MR) is 61.0 cm³/mol. The van der Waals surface area contributed by atoms with Crippen molar-refractivity contribution in [3.8, 4) is 0 Å². The fourth-order valence-corrected chi connectivity index (χ4v) is 1.94. The second kappa shape index (κ2) is 6.43. The van der Waals surface area contributed by atoms with E-state index in [0.29, 0.717) is 25.2 Å². The molecule has 1 aliphatic rings. The van der Waals surface area contributed by atoms with Crippen molar-refractivity contribution in [2.24, 2.45) is 0 Å². The van der Waals surface area contributed by atoms with Crippen LogP contribution in [0, 0.1) is 0 Å². The normalized spacial score (nSPS) is 25.8. The van der Waals surface area contributed by atoms with Crippen molar-refractivity contribution in [1.82, 2.24) is 10.2 Å². The number of aliphatic hydroxyl groups excluding tert-OH is 1. The van der Waals surface area contributed by atoms with Gasteiger partial charge in [-0.3, -0.25) is 0 Å².